The van der Waals surface area contributed by atoms with E-state index in [0.717, 1.165) is 68.0 Å². The summed E-state index contributed by atoms with van der Waals surface area (Å²) in [6.07, 6.45) is 4.99. The quantitative estimate of drug-likeness (QED) is 0.712. The van der Waals surface area contributed by atoms with Gasteiger partial charge in [0.1, 0.15) is 22.2 Å². The highest BCUT2D eigenvalue weighted by atomic mass is 32.2. The lowest BCUT2D eigenvalue weighted by Gasteiger charge is -2.38. The van der Waals surface area contributed by atoms with Crippen LogP contribution in [0.2, 0.25) is 0 Å². The third-order valence-corrected chi connectivity index (χ3v) is 9.13. The Kier molecular flexibility index (Phi) is 5.48. The van der Waals surface area contributed by atoms with E-state index in [-0.39, 0.29) is 17.5 Å². The van der Waals surface area contributed by atoms with Crippen LogP contribution in [0.15, 0.2) is 35.2 Å². The van der Waals surface area contributed by atoms with E-state index >= 15 is 0 Å². The number of hydrogen-bond acceptors (Lipinski definition) is 5. The Morgan fingerprint density at radius 1 is 1.15 bits per heavy atom. The fraction of sp³-hybridized carbons (Fsp3) is 0.480. The maximum absolute atomic E-state index is 14.6. The molecule has 0 amide bonds. The molecule has 0 radical (unpaired) electrons. The van der Waals surface area contributed by atoms with Gasteiger partial charge < -0.3 is 9.64 Å². The summed E-state index contributed by atoms with van der Waals surface area (Å²) < 4.78 is 48.3. The van der Waals surface area contributed by atoms with Crippen molar-refractivity contribution in [2.75, 3.05) is 32.0 Å². The fourth-order valence-corrected chi connectivity index (χ4v) is 6.76. The molecule has 8 heteroatoms. The lowest BCUT2D eigenvalue weighted by Crippen LogP contribution is -2.39. The third-order valence-electron chi connectivity index (χ3n) is 7.72. The minimum atomic E-state index is -4.16. The molecular weight excluding hydrogens is 443 g/mol. The molecule has 176 valence electrons. The summed E-state index contributed by atoms with van der Waals surface area (Å²) in [5, 5.41) is 0. The maximum Gasteiger partial charge on any atom is 0.264 e. The first-order valence-corrected chi connectivity index (χ1v) is 13.0. The molecule has 5 rings (SSSR count). The Morgan fingerprint density at radius 3 is 2.48 bits per heavy atom. The number of carbonyl (C=O) groups is 1. The number of piperidine rings is 1. The van der Waals surface area contributed by atoms with E-state index in [1.165, 1.54) is 19.2 Å². The van der Waals surface area contributed by atoms with Gasteiger partial charge in [0.15, 0.2) is 0 Å². The van der Waals surface area contributed by atoms with Gasteiger partial charge in [-0.2, -0.15) is 0 Å². The number of sulfonamides is 1. The Hall–Kier alpha value is -2.45. The van der Waals surface area contributed by atoms with Crippen molar-refractivity contribution in [3.63, 3.8) is 0 Å². The number of rotatable bonds is 5. The van der Waals surface area contributed by atoms with Gasteiger partial charge in [-0.25, -0.2) is 12.8 Å². The summed E-state index contributed by atoms with van der Waals surface area (Å²) in [5.74, 6) is -0.0950. The maximum atomic E-state index is 14.6. The van der Waals surface area contributed by atoms with E-state index in [2.05, 4.69) is 16.7 Å². The van der Waals surface area contributed by atoms with Crippen molar-refractivity contribution in [2.45, 2.75) is 54.8 Å². The van der Waals surface area contributed by atoms with Crippen molar-refractivity contribution in [2.24, 2.45) is 0 Å². The molecule has 1 saturated carbocycles. The Bertz CT molecular complexity index is 1220. The molecular formula is C25H29FN2O4S. The van der Waals surface area contributed by atoms with E-state index in [4.69, 9.17) is 4.74 Å². The number of methoxy groups -OCH3 is 1. The third kappa shape index (κ3) is 3.73. The number of nitrogens with one attached hydrogen (secondary N) is 1. The second-order valence-electron chi connectivity index (χ2n) is 9.61. The zero-order valence-electron chi connectivity index (χ0n) is 19.0. The van der Waals surface area contributed by atoms with Gasteiger partial charge in [0, 0.05) is 18.2 Å². The molecule has 0 unspecified atom stereocenters. The van der Waals surface area contributed by atoms with Crippen molar-refractivity contribution in [3.8, 4) is 5.75 Å². The minimum Gasteiger partial charge on any atom is -0.497 e. The van der Waals surface area contributed by atoms with Crippen molar-refractivity contribution in [3.05, 3.63) is 52.8 Å². The smallest absolute Gasteiger partial charge is 0.264 e. The van der Waals surface area contributed by atoms with Crippen LogP contribution < -0.4 is 9.46 Å². The van der Waals surface area contributed by atoms with Gasteiger partial charge >= 0.3 is 0 Å². The number of hydrogen-bond donors (Lipinski definition) is 1. The van der Waals surface area contributed by atoms with E-state index in [1.807, 2.05) is 12.1 Å². The van der Waals surface area contributed by atoms with Crippen molar-refractivity contribution in [1.29, 1.82) is 0 Å². The molecule has 6 nitrogen and oxygen atoms in total. The summed E-state index contributed by atoms with van der Waals surface area (Å²) in [6, 6.07) is 7.38. The molecule has 2 fully saturated rings. The van der Waals surface area contributed by atoms with Crippen LogP contribution >= 0.6 is 0 Å². The standard InChI is InChI=1S/C25H29FN2O4S/c1-28-10-6-16(7-11-28)19-12-17(13-21-20(19)15-24(29)25(21)8-3-9-25)27-33(30,31)23-5-4-18(32-2)14-22(23)26/h4-5,12-14,16,27H,3,6-11,15H2,1-2H3. The number of ether oxygens (including phenoxy) is 1. The van der Waals surface area contributed by atoms with Crippen molar-refractivity contribution >= 4 is 21.5 Å². The number of carbonyl (C=O) groups excluding carboxylic acids is 1. The molecule has 33 heavy (non-hydrogen) atoms. The Labute approximate surface area is 194 Å². The molecule has 0 bridgehead atoms. The molecule has 3 aliphatic rings. The number of Topliss-reactive ketones (excluding diaryl/α,β-unsaturated/α-hetero) is 1. The molecule has 2 aromatic rings. The van der Waals surface area contributed by atoms with Crippen LogP contribution in [0, 0.1) is 5.82 Å². The van der Waals surface area contributed by atoms with Crippen molar-refractivity contribution < 1.29 is 22.3 Å². The molecule has 0 aromatic heterocycles. The lowest BCUT2D eigenvalue weighted by atomic mass is 9.64. The number of anilines is 1. The summed E-state index contributed by atoms with van der Waals surface area (Å²) in [6.45, 7) is 1.93. The highest BCUT2D eigenvalue weighted by molar-refractivity contribution is 7.92. The molecule has 2 aromatic carbocycles. The number of benzene rings is 2. The number of likely N-dealkylation sites (tertiary alicyclic amines) is 1. The van der Waals surface area contributed by atoms with Crippen LogP contribution in [0.1, 0.15) is 54.7 Å². The second kappa shape index (κ2) is 8.09. The minimum absolute atomic E-state index is 0.249. The first-order valence-electron chi connectivity index (χ1n) is 11.5. The van der Waals surface area contributed by atoms with Crippen LogP contribution in [0.3, 0.4) is 0 Å². The number of fused-ring (bicyclic) bond motifs is 2. The first kappa shape index (κ1) is 22.3. The van der Waals surface area contributed by atoms with Crippen molar-refractivity contribution in [1.82, 2.24) is 4.90 Å². The summed E-state index contributed by atoms with van der Waals surface area (Å²) in [5.41, 5.74) is 3.07. The summed E-state index contributed by atoms with van der Waals surface area (Å²) in [4.78, 5) is 14.9. The fourth-order valence-electron chi connectivity index (χ4n) is 5.66. The van der Waals surface area contributed by atoms with Crippen LogP contribution in [0.4, 0.5) is 10.1 Å². The highest BCUT2D eigenvalue weighted by Crippen LogP contribution is 2.53. The molecule has 2 aliphatic carbocycles. The Morgan fingerprint density at radius 2 is 1.88 bits per heavy atom. The van der Waals surface area contributed by atoms with Gasteiger partial charge in [0.25, 0.3) is 10.0 Å². The van der Waals surface area contributed by atoms with Gasteiger partial charge in [-0.15, -0.1) is 0 Å². The average Bonchev–Trinajstić information content (AvgIpc) is 3.05. The normalized spacial score (nSPS) is 20.5. The zero-order valence-corrected chi connectivity index (χ0v) is 19.8. The van der Waals surface area contributed by atoms with Gasteiger partial charge in [-0.05, 0) is 92.7 Å². The van der Waals surface area contributed by atoms with E-state index < -0.39 is 26.2 Å². The predicted molar refractivity (Wildman–Crippen MR) is 124 cm³/mol. The second-order valence-corrected chi connectivity index (χ2v) is 11.3. The zero-order chi connectivity index (χ0) is 23.4. The van der Waals surface area contributed by atoms with Crippen LogP contribution in [0.25, 0.3) is 0 Å². The molecule has 1 heterocycles. The van der Waals surface area contributed by atoms with Gasteiger partial charge in [-0.3, -0.25) is 9.52 Å². The predicted octanol–water partition coefficient (Wildman–Crippen LogP) is 3.99. The number of halogens is 1. The van der Waals surface area contributed by atoms with Gasteiger partial charge in [0.2, 0.25) is 0 Å². The van der Waals surface area contributed by atoms with E-state index in [0.29, 0.717) is 12.1 Å². The van der Waals surface area contributed by atoms with Crippen LogP contribution in [0.5, 0.6) is 5.75 Å². The van der Waals surface area contributed by atoms with E-state index in [1.54, 1.807) is 0 Å². The summed E-state index contributed by atoms with van der Waals surface area (Å²) in [7, 11) is -0.660. The average molecular weight is 473 g/mol. The number of nitrogens with zero attached hydrogens (tertiary/aromatic N) is 1. The summed E-state index contributed by atoms with van der Waals surface area (Å²) >= 11 is 0. The lowest BCUT2D eigenvalue weighted by molar-refractivity contribution is -0.125. The monoisotopic (exact) mass is 472 g/mol. The molecule has 1 aliphatic heterocycles. The first-order chi connectivity index (χ1) is 15.7. The molecule has 1 N–H and O–H groups in total. The van der Waals surface area contributed by atoms with Gasteiger partial charge in [-0.1, -0.05) is 6.42 Å². The van der Waals surface area contributed by atoms with Gasteiger partial charge in [0.05, 0.1) is 12.5 Å². The topological polar surface area (TPSA) is 75.7 Å². The van der Waals surface area contributed by atoms with Crippen LogP contribution in [-0.2, 0) is 26.7 Å². The Balaban J connectivity index is 1.56. The largest absolute Gasteiger partial charge is 0.497 e. The van der Waals surface area contributed by atoms with Crippen LogP contribution in [-0.4, -0.2) is 46.3 Å². The van der Waals surface area contributed by atoms with E-state index in [9.17, 15) is 17.6 Å². The highest BCUT2D eigenvalue weighted by Gasteiger charge is 2.51. The SMILES string of the molecule is COc1ccc(S(=O)(=O)Nc2cc(C3CCN(C)CC3)c3c(c2)C2(CCC2)C(=O)C3)c(F)c1. The molecule has 0 atom stereocenters. The number of ketones is 1. The molecule has 1 saturated heterocycles. The molecule has 1 spiro atoms.